The molecule has 0 saturated carbocycles. The highest BCUT2D eigenvalue weighted by Crippen LogP contribution is 2.19. The van der Waals surface area contributed by atoms with Gasteiger partial charge in [0.05, 0.1) is 0 Å². The van der Waals surface area contributed by atoms with Crippen LogP contribution in [0.25, 0.3) is 0 Å². The van der Waals surface area contributed by atoms with E-state index in [9.17, 15) is 14.4 Å². The molecule has 6 heteroatoms. The minimum atomic E-state index is -0.763. The van der Waals surface area contributed by atoms with Gasteiger partial charge < -0.3 is 14.2 Å². The fourth-order valence-electron chi connectivity index (χ4n) is 9.99. The van der Waals surface area contributed by atoms with Crippen molar-refractivity contribution in [3.8, 4) is 0 Å². The molecule has 0 spiro atoms. The van der Waals surface area contributed by atoms with Gasteiger partial charge in [0.2, 0.25) is 0 Å². The van der Waals surface area contributed by atoms with E-state index in [2.05, 4.69) is 27.7 Å². The molecule has 0 unspecified atom stereocenters. The molecule has 0 rings (SSSR count). The molecule has 70 heavy (non-hydrogen) atoms. The normalized spacial score (nSPS) is 12.0. The zero-order chi connectivity index (χ0) is 50.9. The maximum absolute atomic E-state index is 12.9. The summed E-state index contributed by atoms with van der Waals surface area (Å²) >= 11 is 0. The molecule has 0 aromatic heterocycles. The van der Waals surface area contributed by atoms with E-state index in [1.807, 2.05) is 0 Å². The average molecular weight is 990 g/mol. The highest BCUT2D eigenvalue weighted by Gasteiger charge is 2.19. The van der Waals surface area contributed by atoms with Crippen molar-refractivity contribution in [1.82, 2.24) is 0 Å². The Morgan fingerprint density at radius 2 is 0.471 bits per heavy atom. The molecule has 0 aliphatic heterocycles. The van der Waals surface area contributed by atoms with Crippen LogP contribution in [-0.4, -0.2) is 37.2 Å². The minimum absolute atomic E-state index is 0.0612. The molecule has 0 fully saturated rings. The van der Waals surface area contributed by atoms with E-state index in [4.69, 9.17) is 14.2 Å². The largest absolute Gasteiger partial charge is 0.462 e. The average Bonchev–Trinajstić information content (AvgIpc) is 3.35. The molecule has 0 bridgehead atoms. The van der Waals surface area contributed by atoms with Gasteiger partial charge in [-0.15, -0.1) is 0 Å². The highest BCUT2D eigenvalue weighted by molar-refractivity contribution is 5.71. The molecule has 0 aliphatic carbocycles. The fourth-order valence-corrected chi connectivity index (χ4v) is 9.99. The van der Waals surface area contributed by atoms with Crippen molar-refractivity contribution in [1.29, 1.82) is 0 Å². The van der Waals surface area contributed by atoms with Crippen molar-refractivity contribution < 1.29 is 28.6 Å². The van der Waals surface area contributed by atoms with Gasteiger partial charge in [-0.25, -0.2) is 0 Å². The van der Waals surface area contributed by atoms with E-state index in [1.165, 1.54) is 263 Å². The van der Waals surface area contributed by atoms with Crippen molar-refractivity contribution >= 4 is 17.9 Å². The van der Waals surface area contributed by atoms with Crippen LogP contribution in [0.1, 0.15) is 368 Å². The zero-order valence-corrected chi connectivity index (χ0v) is 48.0. The lowest BCUT2D eigenvalue weighted by atomic mass is 10.0. The van der Waals surface area contributed by atoms with Crippen LogP contribution in [0, 0.1) is 5.92 Å². The molecule has 0 saturated heterocycles. The van der Waals surface area contributed by atoms with Crippen molar-refractivity contribution in [3.05, 3.63) is 0 Å². The Morgan fingerprint density at radius 3 is 0.700 bits per heavy atom. The van der Waals surface area contributed by atoms with Gasteiger partial charge >= 0.3 is 17.9 Å². The lowest BCUT2D eigenvalue weighted by Crippen LogP contribution is -2.30. The molecule has 6 nitrogen and oxygen atoms in total. The monoisotopic (exact) mass is 989 g/mol. The van der Waals surface area contributed by atoms with Gasteiger partial charge in [-0.1, -0.05) is 329 Å². The van der Waals surface area contributed by atoms with E-state index < -0.39 is 6.10 Å². The maximum Gasteiger partial charge on any atom is 0.306 e. The Kier molecular flexibility index (Phi) is 57.0. The van der Waals surface area contributed by atoms with Gasteiger partial charge in [-0.3, -0.25) is 14.4 Å². The second-order valence-electron chi connectivity index (χ2n) is 22.5. The lowest BCUT2D eigenvalue weighted by molar-refractivity contribution is -0.167. The topological polar surface area (TPSA) is 78.9 Å². The number of esters is 3. The predicted molar refractivity (Wildman–Crippen MR) is 303 cm³/mol. The summed E-state index contributed by atoms with van der Waals surface area (Å²) in [5, 5.41) is 0. The van der Waals surface area contributed by atoms with Crippen molar-refractivity contribution in [2.24, 2.45) is 5.92 Å². The summed E-state index contributed by atoms with van der Waals surface area (Å²) in [6.45, 7) is 9.09. The first kappa shape index (κ1) is 68.4. The minimum Gasteiger partial charge on any atom is -0.462 e. The zero-order valence-electron chi connectivity index (χ0n) is 48.0. The number of hydrogen-bond donors (Lipinski definition) is 0. The number of hydrogen-bond acceptors (Lipinski definition) is 6. The van der Waals surface area contributed by atoms with E-state index in [0.717, 1.165) is 63.7 Å². The predicted octanol–water partition coefficient (Wildman–Crippen LogP) is 21.4. The summed E-state index contributed by atoms with van der Waals surface area (Å²) in [6, 6.07) is 0. The van der Waals surface area contributed by atoms with Gasteiger partial charge in [-0.2, -0.15) is 0 Å². The second-order valence-corrected chi connectivity index (χ2v) is 22.5. The van der Waals surface area contributed by atoms with Crippen molar-refractivity contribution in [3.63, 3.8) is 0 Å². The fraction of sp³-hybridized carbons (Fsp3) is 0.953. The van der Waals surface area contributed by atoms with Crippen LogP contribution in [0.15, 0.2) is 0 Å². The maximum atomic E-state index is 12.9. The number of unbranched alkanes of at least 4 members (excludes halogenated alkanes) is 46. The van der Waals surface area contributed by atoms with Crippen molar-refractivity contribution in [2.45, 2.75) is 374 Å². The third-order valence-electron chi connectivity index (χ3n) is 14.8. The third-order valence-corrected chi connectivity index (χ3v) is 14.8. The molecular weight excluding hydrogens is 865 g/mol. The van der Waals surface area contributed by atoms with E-state index in [1.54, 1.807) is 0 Å². The first-order valence-electron chi connectivity index (χ1n) is 31.9. The van der Waals surface area contributed by atoms with Crippen LogP contribution >= 0.6 is 0 Å². The van der Waals surface area contributed by atoms with Gasteiger partial charge in [0.25, 0.3) is 0 Å². The molecule has 0 aliphatic rings. The Hall–Kier alpha value is -1.59. The molecule has 0 heterocycles. The quantitative estimate of drug-likeness (QED) is 0.0343. The van der Waals surface area contributed by atoms with E-state index in [0.29, 0.717) is 19.3 Å². The number of carbonyl (C=O) groups excluding carboxylic acids is 3. The summed E-state index contributed by atoms with van der Waals surface area (Å²) in [4.78, 5) is 38.3. The molecule has 0 amide bonds. The molecular formula is C64H124O6. The summed E-state index contributed by atoms with van der Waals surface area (Å²) in [7, 11) is 0. The van der Waals surface area contributed by atoms with Crippen LogP contribution in [0.3, 0.4) is 0 Å². The first-order valence-corrected chi connectivity index (χ1v) is 31.9. The second kappa shape index (κ2) is 58.3. The Balaban J connectivity index is 4.29. The smallest absolute Gasteiger partial charge is 0.306 e. The summed E-state index contributed by atoms with van der Waals surface area (Å²) in [6.07, 6.45) is 65.3. The van der Waals surface area contributed by atoms with Crippen LogP contribution in [0.5, 0.6) is 0 Å². The number of carbonyl (C=O) groups is 3. The standard InChI is InChI=1S/C64H124O6/c1-5-7-9-11-13-15-17-19-21-23-25-27-31-35-39-43-47-51-55-62(65)68-58-61(59-69-63(66)56-52-48-44-40-36-33-29-30-34-38-42-46-50-54-60(3)4)70-64(67)57-53-49-45-41-37-32-28-26-24-22-20-18-16-14-12-10-8-6-2/h60-61H,5-59H2,1-4H3/t61-/m1/s1. The summed E-state index contributed by atoms with van der Waals surface area (Å²) in [5.74, 6) is 0.0119. The first-order chi connectivity index (χ1) is 34.4. The van der Waals surface area contributed by atoms with E-state index >= 15 is 0 Å². The van der Waals surface area contributed by atoms with Crippen molar-refractivity contribution in [2.75, 3.05) is 13.2 Å². The Morgan fingerprint density at radius 1 is 0.271 bits per heavy atom. The molecule has 0 N–H and O–H groups in total. The van der Waals surface area contributed by atoms with Gasteiger partial charge in [0, 0.05) is 19.3 Å². The number of rotatable bonds is 59. The van der Waals surface area contributed by atoms with E-state index in [-0.39, 0.29) is 31.1 Å². The Bertz CT molecular complexity index is 1060. The molecule has 1 atom stereocenters. The highest BCUT2D eigenvalue weighted by atomic mass is 16.6. The van der Waals surface area contributed by atoms with Crippen LogP contribution < -0.4 is 0 Å². The number of ether oxygens (including phenoxy) is 3. The molecule has 0 radical (unpaired) electrons. The molecule has 416 valence electrons. The molecule has 0 aromatic carbocycles. The third kappa shape index (κ3) is 57.3. The van der Waals surface area contributed by atoms with Gasteiger partial charge in [-0.05, 0) is 25.2 Å². The van der Waals surface area contributed by atoms with Gasteiger partial charge in [0.1, 0.15) is 13.2 Å². The van der Waals surface area contributed by atoms with Crippen LogP contribution in [0.2, 0.25) is 0 Å². The van der Waals surface area contributed by atoms with Crippen LogP contribution in [0.4, 0.5) is 0 Å². The Labute approximate surface area is 438 Å². The summed E-state index contributed by atoms with van der Waals surface area (Å²) in [5.41, 5.74) is 0. The lowest BCUT2D eigenvalue weighted by Gasteiger charge is -2.18. The SMILES string of the molecule is CCCCCCCCCCCCCCCCCCCCC(=O)OC[C@H](COC(=O)CCCCCCCCCCCCCCCC(C)C)OC(=O)CCCCCCCCCCCCCCCCCCCC. The van der Waals surface area contributed by atoms with Crippen LogP contribution in [-0.2, 0) is 28.6 Å². The van der Waals surface area contributed by atoms with Gasteiger partial charge in [0.15, 0.2) is 6.10 Å². The molecule has 0 aromatic rings. The summed E-state index contributed by atoms with van der Waals surface area (Å²) < 4.78 is 17.0.